The molecule has 0 saturated heterocycles. The van der Waals surface area contributed by atoms with E-state index in [1.54, 1.807) is 62.3 Å². The molecule has 0 spiro atoms. The third kappa shape index (κ3) is 32.7. The lowest BCUT2D eigenvalue weighted by atomic mass is 10.2. The van der Waals surface area contributed by atoms with Crippen molar-refractivity contribution in [1.29, 1.82) is 0 Å². The first-order valence-electron chi connectivity index (χ1n) is 31.6. The Balaban J connectivity index is 0.000000244. The highest BCUT2D eigenvalue weighted by atomic mass is 32.2. The zero-order chi connectivity index (χ0) is 74.2. The molecule has 3 amide bonds. The summed E-state index contributed by atoms with van der Waals surface area (Å²) >= 11 is 0.992. The molecule has 0 fully saturated rings. The molecule has 0 atom stereocenters. The van der Waals surface area contributed by atoms with Crippen molar-refractivity contribution >= 4 is 53.3 Å². The molecule has 101 heavy (non-hydrogen) atoms. The van der Waals surface area contributed by atoms with E-state index >= 15 is 0 Å². The highest BCUT2D eigenvalue weighted by Gasteiger charge is 2.28. The Kier molecular flexibility index (Phi) is 31.3. The van der Waals surface area contributed by atoms with E-state index in [0.717, 1.165) is 38.9 Å². The van der Waals surface area contributed by atoms with Gasteiger partial charge in [0, 0.05) is 41.8 Å². The zero-order valence-electron chi connectivity index (χ0n) is 58.3. The molecule has 4 heterocycles. The largest absolute Gasteiger partial charge is 0.481 e. The van der Waals surface area contributed by atoms with Crippen molar-refractivity contribution in [2.75, 3.05) is 19.6 Å². The highest BCUT2D eigenvalue weighted by Crippen LogP contribution is 2.21. The van der Waals surface area contributed by atoms with Crippen LogP contribution >= 0.6 is 11.8 Å². The molecule has 536 valence electrons. The van der Waals surface area contributed by atoms with Gasteiger partial charge in [0.2, 0.25) is 23.3 Å². The van der Waals surface area contributed by atoms with Crippen molar-refractivity contribution in [2.24, 2.45) is 0 Å². The molecule has 0 saturated carbocycles. The van der Waals surface area contributed by atoms with E-state index in [1.165, 1.54) is 9.80 Å². The van der Waals surface area contributed by atoms with Gasteiger partial charge in [-0.25, -0.2) is 19.2 Å². The predicted octanol–water partition coefficient (Wildman–Crippen LogP) is 10.3. The van der Waals surface area contributed by atoms with E-state index in [1.807, 2.05) is 142 Å². The second-order valence-corrected chi connectivity index (χ2v) is 26.6. The number of nitrogens with zero attached hydrogens (tertiary/aromatic N) is 19. The standard InChI is InChI=1S/C20H27N5O4.C17H21N5O4.C16H19N5O4.C14H16N4O2S/c1-20(2,3)29-19(28)25(13-9-5-8-12-17(26)27)14-16-21-23-18(24-22-16)15-10-6-4-7-11-15;1-17(2,3)26-16(25)22(10-9-14(23)24)11-13-18-20-15(21-19-13)12-7-5-4-6-8-12;1-16(2,3)25-15(24)21(10-13(22)23)9-12-17-19-14(20-18-12)11-7-5-4-6-8-11;1-14(2,3)20-13(19)21-9-11-15-17-12(18-16-11)10-7-5-4-6-8-10/h4,6-7,10-11H,5,8-9,12-14H2,1-3H3,(H,26,27);4-8H,9-11H2,1-3H3,(H,23,24);4-8H,9-10H2,1-3H3,(H,22,23);4-8H,9H2,1-3H3. The molecular weight excluding hydrogens is 1330 g/mol. The molecule has 0 aliphatic carbocycles. The zero-order valence-corrected chi connectivity index (χ0v) is 59.1. The summed E-state index contributed by atoms with van der Waals surface area (Å²) in [6.07, 6.45) is -0.104. The first kappa shape index (κ1) is 80.4. The maximum absolute atomic E-state index is 12.5. The van der Waals surface area contributed by atoms with E-state index in [-0.39, 0.29) is 61.7 Å². The lowest BCUT2D eigenvalue weighted by Crippen LogP contribution is -2.39. The maximum atomic E-state index is 12.5. The molecule has 4 aromatic carbocycles. The normalized spacial score (nSPS) is 11.1. The van der Waals surface area contributed by atoms with Crippen LogP contribution in [0.2, 0.25) is 0 Å². The lowest BCUT2D eigenvalue weighted by molar-refractivity contribution is -0.139. The molecule has 8 aromatic rings. The number of unbranched alkanes of at least 4 members (excludes halogenated alkanes) is 2. The summed E-state index contributed by atoms with van der Waals surface area (Å²) in [6, 6.07) is 37.2. The third-order valence-electron chi connectivity index (χ3n) is 12.1. The molecule has 33 nitrogen and oxygen atoms in total. The number of aromatic nitrogens is 16. The minimum absolute atomic E-state index is 0.0337. The average Bonchev–Trinajstić information content (AvgIpc) is 0.884. The molecule has 0 aliphatic heterocycles. The van der Waals surface area contributed by atoms with Crippen LogP contribution in [-0.2, 0) is 58.7 Å². The molecule has 0 unspecified atom stereocenters. The van der Waals surface area contributed by atoms with Crippen molar-refractivity contribution in [3.05, 3.63) is 145 Å². The number of hydrogen-bond donors (Lipinski definition) is 3. The van der Waals surface area contributed by atoms with Crippen molar-refractivity contribution in [1.82, 2.24) is 96.3 Å². The Morgan fingerprint density at radius 2 is 0.624 bits per heavy atom. The van der Waals surface area contributed by atoms with Crippen LogP contribution in [0, 0.1) is 0 Å². The van der Waals surface area contributed by atoms with E-state index in [0.29, 0.717) is 60.8 Å². The highest BCUT2D eigenvalue weighted by molar-refractivity contribution is 8.12. The molecule has 34 heteroatoms. The van der Waals surface area contributed by atoms with Gasteiger partial charge in [-0.3, -0.25) is 24.2 Å². The number of ether oxygens (including phenoxy) is 4. The average molecular weight is 1410 g/mol. The van der Waals surface area contributed by atoms with Crippen molar-refractivity contribution < 1.29 is 67.8 Å². The van der Waals surface area contributed by atoms with Crippen molar-refractivity contribution in [3.63, 3.8) is 0 Å². The predicted molar refractivity (Wildman–Crippen MR) is 366 cm³/mol. The summed E-state index contributed by atoms with van der Waals surface area (Å²) in [7, 11) is 0. The number of rotatable bonds is 23. The number of thioether (sulfide) groups is 1. The minimum atomic E-state index is -1.17. The van der Waals surface area contributed by atoms with E-state index in [4.69, 9.17) is 34.3 Å². The van der Waals surface area contributed by atoms with Crippen molar-refractivity contribution in [3.8, 4) is 45.6 Å². The van der Waals surface area contributed by atoms with Gasteiger partial charge in [0.15, 0.2) is 23.3 Å². The Morgan fingerprint density at radius 1 is 0.337 bits per heavy atom. The van der Waals surface area contributed by atoms with E-state index in [2.05, 4.69) is 81.6 Å². The molecule has 0 bridgehead atoms. The van der Waals surface area contributed by atoms with Crippen LogP contribution in [0.5, 0.6) is 0 Å². The second-order valence-electron chi connectivity index (χ2n) is 25.7. The monoisotopic (exact) mass is 1410 g/mol. The van der Waals surface area contributed by atoms with Crippen LogP contribution in [0.25, 0.3) is 45.6 Å². The third-order valence-corrected chi connectivity index (χ3v) is 12.8. The van der Waals surface area contributed by atoms with E-state index < -0.39 is 65.1 Å². The van der Waals surface area contributed by atoms with Gasteiger partial charge in [-0.15, -0.1) is 81.6 Å². The Bertz CT molecular complexity index is 3880. The lowest BCUT2D eigenvalue weighted by Gasteiger charge is -2.26. The molecule has 8 rings (SSSR count). The van der Waals surface area contributed by atoms with Gasteiger partial charge >= 0.3 is 41.5 Å². The van der Waals surface area contributed by atoms with Crippen LogP contribution < -0.4 is 0 Å². The molecule has 4 aromatic heterocycles. The van der Waals surface area contributed by atoms with Crippen LogP contribution in [0.3, 0.4) is 0 Å². The number of aliphatic carboxylic acids is 3. The summed E-state index contributed by atoms with van der Waals surface area (Å²) in [6.45, 7) is 20.8. The maximum Gasteiger partial charge on any atom is 0.411 e. The Morgan fingerprint density at radius 3 is 0.921 bits per heavy atom. The molecule has 0 aliphatic rings. The number of carboxylic acids is 3. The van der Waals surface area contributed by atoms with Crippen molar-refractivity contribution in [2.45, 2.75) is 163 Å². The molecule has 0 radical (unpaired) electrons. The number of hydrogen-bond acceptors (Lipinski definition) is 28. The smallest absolute Gasteiger partial charge is 0.411 e. The van der Waals surface area contributed by atoms with Crippen LogP contribution in [0.4, 0.5) is 19.2 Å². The summed E-state index contributed by atoms with van der Waals surface area (Å²) in [5.74, 6) is -0.145. The van der Waals surface area contributed by atoms with Crippen LogP contribution in [-0.4, -0.2) is 195 Å². The SMILES string of the molecule is CC(C)(C)OC(=O)N(CC(=O)O)Cc1nnc(-c2ccccc2)nn1.CC(C)(C)OC(=O)N(CCC(=O)O)Cc1nnc(-c2ccccc2)nn1.CC(C)(C)OC(=O)N(CCCCCC(=O)O)Cc1nnc(-c2ccccc2)nn1.CC(C)(C)OC(=O)SCc1nnc(-c2ccccc2)nn1. The van der Waals surface area contributed by atoms with Gasteiger partial charge < -0.3 is 39.2 Å². The number of amides is 3. The number of carbonyl (C=O) groups is 7. The van der Waals surface area contributed by atoms with Gasteiger partial charge in [-0.1, -0.05) is 128 Å². The number of carboxylic acid groups (broad SMARTS) is 3. The second kappa shape index (κ2) is 39.3. The fourth-order valence-corrected chi connectivity index (χ4v) is 8.43. The van der Waals surface area contributed by atoms with Gasteiger partial charge in [0.25, 0.3) is 0 Å². The first-order chi connectivity index (χ1) is 47.7. The summed E-state index contributed by atoms with van der Waals surface area (Å²) < 4.78 is 21.1. The van der Waals surface area contributed by atoms with Gasteiger partial charge in [-0.2, -0.15) is 0 Å². The Hall–Kier alpha value is -11.3. The van der Waals surface area contributed by atoms with E-state index in [9.17, 15) is 33.6 Å². The number of carbonyl (C=O) groups excluding carboxylic acids is 4. The fourth-order valence-electron chi connectivity index (χ4n) is 7.76. The summed E-state index contributed by atoms with van der Waals surface area (Å²) in [4.78, 5) is 84.6. The van der Waals surface area contributed by atoms with Crippen LogP contribution in [0.1, 0.15) is 138 Å². The quantitative estimate of drug-likeness (QED) is 0.0304. The fraction of sp³-hybridized carbons (Fsp3) is 0.418. The summed E-state index contributed by atoms with van der Waals surface area (Å²) in [5, 5.41) is 90.3. The first-order valence-corrected chi connectivity index (χ1v) is 32.6. The summed E-state index contributed by atoms with van der Waals surface area (Å²) in [5.41, 5.74) is 0.601. The van der Waals surface area contributed by atoms with Gasteiger partial charge in [0.05, 0.1) is 31.8 Å². The number of benzene rings is 4. The molecular formula is C67H83N19O14S. The Labute approximate surface area is 587 Å². The van der Waals surface area contributed by atoms with Gasteiger partial charge in [-0.05, 0) is 108 Å². The topological polar surface area (TPSA) is 433 Å². The van der Waals surface area contributed by atoms with Crippen LogP contribution in [0.15, 0.2) is 121 Å². The van der Waals surface area contributed by atoms with Gasteiger partial charge in [0.1, 0.15) is 28.9 Å². The minimum Gasteiger partial charge on any atom is -0.481 e. The molecule has 3 N–H and O–H groups in total.